The Bertz CT molecular complexity index is 403. The van der Waals surface area contributed by atoms with Crippen LogP contribution < -0.4 is 0 Å². The highest BCUT2D eigenvalue weighted by atomic mass is 14.7. The van der Waals surface area contributed by atoms with E-state index in [1.54, 1.807) is 0 Å². The highest BCUT2D eigenvalue weighted by Crippen LogP contribution is 2.07. The molecule has 1 aromatic heterocycles. The van der Waals surface area contributed by atoms with Crippen LogP contribution >= 0.6 is 0 Å². The molecule has 0 radical (unpaired) electrons. The number of pyridine rings is 1. The van der Waals surface area contributed by atoms with Gasteiger partial charge < -0.3 is 0 Å². The van der Waals surface area contributed by atoms with Crippen LogP contribution in [0, 0.1) is 0 Å². The van der Waals surface area contributed by atoms with Crippen LogP contribution in [0.4, 0.5) is 0 Å². The third kappa shape index (κ3) is 2.66. The molecule has 0 unspecified atom stereocenters. The summed E-state index contributed by atoms with van der Waals surface area (Å²) in [5, 5.41) is 0. The molecule has 2 aromatic rings. The van der Waals surface area contributed by atoms with Gasteiger partial charge in [-0.3, -0.25) is 4.98 Å². The normalized spacial score (nSPS) is 10.2. The Morgan fingerprint density at radius 1 is 0.933 bits per heavy atom. The van der Waals surface area contributed by atoms with E-state index in [1.165, 1.54) is 11.1 Å². The van der Waals surface area contributed by atoms with Crippen molar-refractivity contribution in [3.8, 4) is 0 Å². The summed E-state index contributed by atoms with van der Waals surface area (Å²) < 4.78 is 0. The quantitative estimate of drug-likeness (QED) is 0.736. The number of hydrogen-bond donors (Lipinski definition) is 0. The molecule has 0 saturated carbocycles. The molecule has 2 rings (SSSR count). The maximum absolute atomic E-state index is 4.44. The summed E-state index contributed by atoms with van der Waals surface area (Å²) >= 11 is 0. The predicted octanol–water partition coefficient (Wildman–Crippen LogP) is 3.23. The van der Waals surface area contributed by atoms with Gasteiger partial charge in [0.1, 0.15) is 0 Å². The Hall–Kier alpha value is -1.63. The van der Waals surface area contributed by atoms with E-state index in [9.17, 15) is 0 Å². The van der Waals surface area contributed by atoms with Crippen molar-refractivity contribution >= 4 is 0 Å². The zero-order chi connectivity index (χ0) is 10.5. The zero-order valence-corrected chi connectivity index (χ0v) is 8.98. The van der Waals surface area contributed by atoms with Crippen molar-refractivity contribution in [3.63, 3.8) is 0 Å². The van der Waals surface area contributed by atoms with Crippen LogP contribution in [-0.2, 0) is 12.8 Å². The minimum atomic E-state index is 0.921. The molecule has 0 aliphatic carbocycles. The third-order valence-electron chi connectivity index (χ3n) is 2.52. The molecule has 0 aliphatic rings. The summed E-state index contributed by atoms with van der Waals surface area (Å²) in [6.45, 7) is 2.15. The van der Waals surface area contributed by atoms with Crippen molar-refractivity contribution < 1.29 is 0 Å². The molecular weight excluding hydrogens is 182 g/mol. The van der Waals surface area contributed by atoms with E-state index >= 15 is 0 Å². The SMILES string of the molecule is CCc1ccc(Cc2ccccc2)nc1. The zero-order valence-electron chi connectivity index (χ0n) is 8.98. The summed E-state index contributed by atoms with van der Waals surface area (Å²) in [6.07, 6.45) is 3.95. The van der Waals surface area contributed by atoms with E-state index in [0.717, 1.165) is 18.5 Å². The Labute approximate surface area is 90.8 Å². The van der Waals surface area contributed by atoms with Gasteiger partial charge >= 0.3 is 0 Å². The molecule has 1 heterocycles. The maximum Gasteiger partial charge on any atom is 0.0447 e. The Morgan fingerprint density at radius 3 is 2.33 bits per heavy atom. The van der Waals surface area contributed by atoms with Crippen molar-refractivity contribution in [2.45, 2.75) is 19.8 Å². The average Bonchev–Trinajstić information content (AvgIpc) is 2.31. The first kappa shape index (κ1) is 9.91. The van der Waals surface area contributed by atoms with Crippen LogP contribution in [-0.4, -0.2) is 4.98 Å². The van der Waals surface area contributed by atoms with Gasteiger partial charge in [0.15, 0.2) is 0 Å². The number of hydrogen-bond acceptors (Lipinski definition) is 1. The summed E-state index contributed by atoms with van der Waals surface area (Å²) in [6, 6.07) is 14.7. The second kappa shape index (κ2) is 4.74. The van der Waals surface area contributed by atoms with Crippen molar-refractivity contribution in [2.75, 3.05) is 0 Å². The van der Waals surface area contributed by atoms with Crippen LogP contribution in [0.1, 0.15) is 23.7 Å². The highest BCUT2D eigenvalue weighted by molar-refractivity contribution is 5.23. The second-order valence-corrected chi connectivity index (χ2v) is 3.67. The van der Waals surface area contributed by atoms with Crippen molar-refractivity contribution in [1.29, 1.82) is 0 Å². The average molecular weight is 197 g/mol. The molecule has 1 aromatic carbocycles. The van der Waals surface area contributed by atoms with Gasteiger partial charge in [0.25, 0.3) is 0 Å². The smallest absolute Gasteiger partial charge is 0.0447 e. The lowest BCUT2D eigenvalue weighted by atomic mass is 10.1. The summed E-state index contributed by atoms with van der Waals surface area (Å²) in [5.74, 6) is 0. The monoisotopic (exact) mass is 197 g/mol. The molecule has 1 heteroatoms. The van der Waals surface area contributed by atoms with E-state index in [-0.39, 0.29) is 0 Å². The van der Waals surface area contributed by atoms with E-state index in [2.05, 4.69) is 48.3 Å². The molecule has 0 N–H and O–H groups in total. The molecule has 0 aliphatic heterocycles. The minimum Gasteiger partial charge on any atom is -0.261 e. The van der Waals surface area contributed by atoms with Crippen molar-refractivity contribution in [2.24, 2.45) is 0 Å². The van der Waals surface area contributed by atoms with Gasteiger partial charge in [0.2, 0.25) is 0 Å². The van der Waals surface area contributed by atoms with Gasteiger partial charge in [0.05, 0.1) is 0 Å². The third-order valence-corrected chi connectivity index (χ3v) is 2.52. The molecule has 0 amide bonds. The number of benzene rings is 1. The molecule has 1 nitrogen and oxygen atoms in total. The molecule has 0 bridgehead atoms. The van der Waals surface area contributed by atoms with E-state index in [0.29, 0.717) is 0 Å². The van der Waals surface area contributed by atoms with Crippen LogP contribution in [0.15, 0.2) is 48.7 Å². The topological polar surface area (TPSA) is 12.9 Å². The van der Waals surface area contributed by atoms with Gasteiger partial charge in [-0.1, -0.05) is 43.3 Å². The first-order valence-corrected chi connectivity index (χ1v) is 5.36. The largest absolute Gasteiger partial charge is 0.261 e. The van der Waals surface area contributed by atoms with Crippen molar-refractivity contribution in [1.82, 2.24) is 4.98 Å². The molecule has 0 fully saturated rings. The number of nitrogens with zero attached hydrogens (tertiary/aromatic N) is 1. The van der Waals surface area contributed by atoms with Gasteiger partial charge in [-0.25, -0.2) is 0 Å². The maximum atomic E-state index is 4.44. The first-order valence-electron chi connectivity index (χ1n) is 5.36. The number of aromatic nitrogens is 1. The van der Waals surface area contributed by atoms with Crippen molar-refractivity contribution in [3.05, 3.63) is 65.5 Å². The summed E-state index contributed by atoms with van der Waals surface area (Å²) in [5.41, 5.74) is 3.75. The van der Waals surface area contributed by atoms with E-state index in [1.807, 2.05) is 12.3 Å². The molecule has 0 saturated heterocycles. The molecule has 0 spiro atoms. The molecular formula is C14H15N. The van der Waals surface area contributed by atoms with Gasteiger partial charge in [0, 0.05) is 18.3 Å². The lowest BCUT2D eigenvalue weighted by Crippen LogP contribution is -1.92. The van der Waals surface area contributed by atoms with Gasteiger partial charge in [-0.2, -0.15) is 0 Å². The Kier molecular flexibility index (Phi) is 3.13. The molecule has 76 valence electrons. The number of aryl methyl sites for hydroxylation is 1. The standard InChI is InChI=1S/C14H15N/c1-2-12-8-9-14(15-11-12)10-13-6-4-3-5-7-13/h3-9,11H,2,10H2,1H3. The second-order valence-electron chi connectivity index (χ2n) is 3.67. The Morgan fingerprint density at radius 2 is 1.73 bits per heavy atom. The van der Waals surface area contributed by atoms with E-state index < -0.39 is 0 Å². The number of rotatable bonds is 3. The highest BCUT2D eigenvalue weighted by Gasteiger charge is 1.96. The van der Waals surface area contributed by atoms with Gasteiger partial charge in [-0.05, 0) is 23.6 Å². The van der Waals surface area contributed by atoms with Crippen LogP contribution in [0.3, 0.4) is 0 Å². The first-order chi connectivity index (χ1) is 7.38. The Balaban J connectivity index is 2.11. The lowest BCUT2D eigenvalue weighted by Gasteiger charge is -2.01. The fourth-order valence-corrected chi connectivity index (χ4v) is 1.57. The van der Waals surface area contributed by atoms with Crippen LogP contribution in [0.25, 0.3) is 0 Å². The van der Waals surface area contributed by atoms with Crippen LogP contribution in [0.2, 0.25) is 0 Å². The summed E-state index contributed by atoms with van der Waals surface area (Å²) in [4.78, 5) is 4.44. The van der Waals surface area contributed by atoms with Gasteiger partial charge in [-0.15, -0.1) is 0 Å². The molecule has 15 heavy (non-hydrogen) atoms. The minimum absolute atomic E-state index is 0.921. The molecule has 0 atom stereocenters. The van der Waals surface area contributed by atoms with Crippen LogP contribution in [0.5, 0.6) is 0 Å². The predicted molar refractivity (Wildman–Crippen MR) is 62.9 cm³/mol. The fourth-order valence-electron chi connectivity index (χ4n) is 1.57. The lowest BCUT2D eigenvalue weighted by molar-refractivity contribution is 1.03. The summed E-state index contributed by atoms with van der Waals surface area (Å²) in [7, 11) is 0. The van der Waals surface area contributed by atoms with E-state index in [4.69, 9.17) is 0 Å². The fraction of sp³-hybridized carbons (Fsp3) is 0.214.